The van der Waals surface area contributed by atoms with E-state index in [9.17, 15) is 0 Å². The minimum Gasteiger partial charge on any atom is -0.311 e. The summed E-state index contributed by atoms with van der Waals surface area (Å²) in [4.78, 5) is 0. The Labute approximate surface area is 80.9 Å². The predicted octanol–water partition coefficient (Wildman–Crippen LogP) is 1.83. The van der Waals surface area contributed by atoms with Crippen LogP contribution in [0.15, 0.2) is 23.4 Å². The molecule has 1 heterocycles. The average Bonchev–Trinajstić information content (AvgIpc) is 2.27. The van der Waals surface area contributed by atoms with Crippen LogP contribution in [-0.4, -0.2) is 6.04 Å². The zero-order chi connectivity index (χ0) is 9.64. The molecule has 1 aliphatic carbocycles. The highest BCUT2D eigenvalue weighted by atomic mass is 15.0. The van der Waals surface area contributed by atoms with Gasteiger partial charge in [0.2, 0.25) is 0 Å². The molecule has 1 heteroatoms. The van der Waals surface area contributed by atoms with Gasteiger partial charge in [-0.25, -0.2) is 0 Å². The number of hydrogen-bond acceptors (Lipinski definition) is 0. The van der Waals surface area contributed by atoms with E-state index in [2.05, 4.69) is 45.2 Å². The average molecular weight is 178 g/mol. The molecule has 1 aliphatic heterocycles. The van der Waals surface area contributed by atoms with Crippen LogP contribution >= 0.6 is 0 Å². The second kappa shape index (κ2) is 2.71. The second-order valence-corrected chi connectivity index (χ2v) is 5.13. The minimum atomic E-state index is 0.362. The van der Waals surface area contributed by atoms with Gasteiger partial charge in [0, 0.05) is 11.0 Å². The van der Waals surface area contributed by atoms with Gasteiger partial charge in [-0.05, 0) is 39.2 Å². The van der Waals surface area contributed by atoms with Crippen molar-refractivity contribution >= 4 is 0 Å². The third kappa shape index (κ3) is 1.26. The molecular formula is C12H20N+. The van der Waals surface area contributed by atoms with Crippen molar-refractivity contribution in [2.75, 3.05) is 0 Å². The molecule has 0 amide bonds. The van der Waals surface area contributed by atoms with Crippen LogP contribution in [0.4, 0.5) is 0 Å². The summed E-state index contributed by atoms with van der Waals surface area (Å²) >= 11 is 0. The fraction of sp³-hybridized carbons (Fsp3) is 0.667. The molecule has 2 N–H and O–H groups in total. The monoisotopic (exact) mass is 178 g/mol. The first kappa shape index (κ1) is 9.01. The Kier molecular flexibility index (Phi) is 1.88. The number of nitrogens with two attached hydrogens (primary N) is 1. The lowest BCUT2D eigenvalue weighted by Crippen LogP contribution is -2.85. The number of quaternary nitrogens is 1. The largest absolute Gasteiger partial charge is 0.311 e. The van der Waals surface area contributed by atoms with Crippen molar-refractivity contribution in [3.8, 4) is 0 Å². The van der Waals surface area contributed by atoms with Crippen LogP contribution in [0.5, 0.6) is 0 Å². The fourth-order valence-corrected chi connectivity index (χ4v) is 2.34. The molecule has 0 aromatic heterocycles. The van der Waals surface area contributed by atoms with Gasteiger partial charge in [0.15, 0.2) is 0 Å². The summed E-state index contributed by atoms with van der Waals surface area (Å²) in [5, 5.41) is 2.43. The van der Waals surface area contributed by atoms with Gasteiger partial charge in [0.05, 0.1) is 6.04 Å². The molecule has 0 aromatic rings. The van der Waals surface area contributed by atoms with Crippen LogP contribution in [0.2, 0.25) is 0 Å². The fourth-order valence-electron chi connectivity index (χ4n) is 2.34. The van der Waals surface area contributed by atoms with Crippen LogP contribution in [0, 0.1) is 11.3 Å². The van der Waals surface area contributed by atoms with Crippen molar-refractivity contribution in [3.63, 3.8) is 0 Å². The van der Waals surface area contributed by atoms with Crippen LogP contribution in [-0.2, 0) is 0 Å². The van der Waals surface area contributed by atoms with Gasteiger partial charge >= 0.3 is 0 Å². The van der Waals surface area contributed by atoms with E-state index in [0.29, 0.717) is 11.5 Å². The molecule has 0 bridgehead atoms. The Hall–Kier alpha value is -0.560. The Morgan fingerprint density at radius 2 is 2.08 bits per heavy atom. The quantitative estimate of drug-likeness (QED) is 0.583. The zero-order valence-corrected chi connectivity index (χ0v) is 9.09. The van der Waals surface area contributed by atoms with E-state index in [1.165, 1.54) is 12.1 Å². The van der Waals surface area contributed by atoms with Crippen molar-refractivity contribution in [2.45, 2.75) is 40.2 Å². The lowest BCUT2D eigenvalue weighted by Gasteiger charge is -2.22. The third-order valence-electron chi connectivity index (χ3n) is 3.73. The first-order valence-corrected chi connectivity index (χ1v) is 5.29. The molecule has 1 saturated heterocycles. The zero-order valence-electron chi connectivity index (χ0n) is 9.09. The molecule has 2 unspecified atom stereocenters. The maximum absolute atomic E-state index is 2.47. The highest BCUT2D eigenvalue weighted by Crippen LogP contribution is 2.39. The summed E-state index contributed by atoms with van der Waals surface area (Å²) in [6, 6.07) is 0.690. The van der Waals surface area contributed by atoms with E-state index >= 15 is 0 Å². The number of hydrogen-bond donors (Lipinski definition) is 1. The van der Waals surface area contributed by atoms with Crippen molar-refractivity contribution in [2.24, 2.45) is 11.3 Å². The summed E-state index contributed by atoms with van der Waals surface area (Å²) in [5.41, 5.74) is 3.45. The van der Waals surface area contributed by atoms with E-state index in [1.54, 1.807) is 5.57 Å². The van der Waals surface area contributed by atoms with E-state index in [4.69, 9.17) is 0 Å². The third-order valence-corrected chi connectivity index (χ3v) is 3.73. The van der Waals surface area contributed by atoms with Crippen LogP contribution in [0.3, 0.4) is 0 Å². The molecule has 2 atom stereocenters. The first-order chi connectivity index (χ1) is 6.01. The molecule has 1 fully saturated rings. The highest BCUT2D eigenvalue weighted by molar-refractivity contribution is 5.37. The minimum absolute atomic E-state index is 0.362. The van der Waals surface area contributed by atoms with Crippen LogP contribution in [0.1, 0.15) is 34.1 Å². The Bertz CT molecular complexity index is 283. The highest BCUT2D eigenvalue weighted by Gasteiger charge is 2.44. The number of rotatable bonds is 0. The molecule has 1 nitrogen and oxygen atoms in total. The first-order valence-electron chi connectivity index (χ1n) is 5.29. The molecule has 72 valence electrons. The smallest absolute Gasteiger partial charge is 0.129 e. The summed E-state index contributed by atoms with van der Waals surface area (Å²) in [6.45, 7) is 9.35. The van der Waals surface area contributed by atoms with Gasteiger partial charge in [0.1, 0.15) is 5.70 Å². The number of fused-ring (bicyclic) bond motifs is 1. The molecule has 13 heavy (non-hydrogen) atoms. The molecule has 2 rings (SSSR count). The molecule has 0 spiro atoms. The van der Waals surface area contributed by atoms with Crippen molar-refractivity contribution in [1.82, 2.24) is 0 Å². The second-order valence-electron chi connectivity index (χ2n) is 5.13. The molecular weight excluding hydrogens is 158 g/mol. The van der Waals surface area contributed by atoms with Crippen molar-refractivity contribution in [3.05, 3.63) is 23.4 Å². The summed E-state index contributed by atoms with van der Waals surface area (Å²) in [7, 11) is 0. The maximum atomic E-state index is 2.47. The normalized spacial score (nSPS) is 36.6. The van der Waals surface area contributed by atoms with Gasteiger partial charge in [-0.15, -0.1) is 0 Å². The maximum Gasteiger partial charge on any atom is 0.129 e. The van der Waals surface area contributed by atoms with Gasteiger partial charge in [-0.1, -0.05) is 13.0 Å². The SMILES string of the molecule is CC1C=C2C(=CC1)[NH2+]C(C)C2(C)C. The number of allylic oxidation sites excluding steroid dienone is 3. The van der Waals surface area contributed by atoms with Crippen molar-refractivity contribution in [1.29, 1.82) is 0 Å². The van der Waals surface area contributed by atoms with E-state index < -0.39 is 0 Å². The standard InChI is InChI=1S/C12H19N/c1-8-5-6-11-10(7-8)12(3,4)9(2)13-11/h6-9,13H,5H2,1-4H3/p+1. The van der Waals surface area contributed by atoms with E-state index in [0.717, 1.165) is 5.92 Å². The molecule has 0 saturated carbocycles. The van der Waals surface area contributed by atoms with Gasteiger partial charge < -0.3 is 5.32 Å². The lowest BCUT2D eigenvalue weighted by atomic mass is 9.78. The molecule has 2 aliphatic rings. The predicted molar refractivity (Wildman–Crippen MR) is 55.1 cm³/mol. The Balaban J connectivity index is 2.41. The van der Waals surface area contributed by atoms with E-state index in [-0.39, 0.29) is 0 Å². The molecule has 0 aromatic carbocycles. The van der Waals surface area contributed by atoms with Crippen LogP contribution < -0.4 is 5.32 Å². The van der Waals surface area contributed by atoms with Crippen LogP contribution in [0.25, 0.3) is 0 Å². The van der Waals surface area contributed by atoms with Gasteiger partial charge in [0.25, 0.3) is 0 Å². The summed E-state index contributed by atoms with van der Waals surface area (Å²) < 4.78 is 0. The molecule has 0 radical (unpaired) electrons. The Morgan fingerprint density at radius 3 is 2.77 bits per heavy atom. The summed E-state index contributed by atoms with van der Waals surface area (Å²) in [5.74, 6) is 0.733. The van der Waals surface area contributed by atoms with Crippen molar-refractivity contribution < 1.29 is 5.32 Å². The van der Waals surface area contributed by atoms with E-state index in [1.807, 2.05) is 0 Å². The Morgan fingerprint density at radius 1 is 1.38 bits per heavy atom. The van der Waals surface area contributed by atoms with Gasteiger partial charge in [-0.2, -0.15) is 0 Å². The summed E-state index contributed by atoms with van der Waals surface area (Å²) in [6.07, 6.45) is 6.10. The van der Waals surface area contributed by atoms with Gasteiger partial charge in [-0.3, -0.25) is 0 Å². The topological polar surface area (TPSA) is 16.6 Å². The lowest BCUT2D eigenvalue weighted by molar-refractivity contribution is -0.631.